The summed E-state index contributed by atoms with van der Waals surface area (Å²) in [7, 11) is 0. The highest BCUT2D eigenvalue weighted by molar-refractivity contribution is 7.99. The Morgan fingerprint density at radius 3 is 2.23 bits per heavy atom. The van der Waals surface area contributed by atoms with Gasteiger partial charge in [0.15, 0.2) is 0 Å². The fraction of sp³-hybridized carbons (Fsp3) is 0. The summed E-state index contributed by atoms with van der Waals surface area (Å²) in [5.41, 5.74) is 3.93. The van der Waals surface area contributed by atoms with E-state index in [9.17, 15) is 0 Å². The molecule has 0 N–H and O–H groups in total. The molecule has 0 amide bonds. The van der Waals surface area contributed by atoms with E-state index in [-0.39, 0.29) is 0 Å². The van der Waals surface area contributed by atoms with E-state index in [0.717, 1.165) is 0 Å². The molecule has 31 heavy (non-hydrogen) atoms. The van der Waals surface area contributed by atoms with Crippen molar-refractivity contribution >= 4 is 75.8 Å². The molecule has 1 aliphatic heterocycles. The van der Waals surface area contributed by atoms with Crippen LogP contribution in [0.15, 0.2) is 101 Å². The number of aromatic nitrogens is 1. The van der Waals surface area contributed by atoms with Gasteiger partial charge >= 0.3 is 0 Å². The van der Waals surface area contributed by atoms with E-state index in [1.54, 1.807) is 0 Å². The van der Waals surface area contributed by atoms with Crippen LogP contribution in [0.4, 0.5) is 0 Å². The van der Waals surface area contributed by atoms with Gasteiger partial charge in [-0.2, -0.15) is 0 Å². The van der Waals surface area contributed by atoms with Crippen molar-refractivity contribution in [2.45, 2.75) is 9.79 Å². The second-order valence-electron chi connectivity index (χ2n) is 8.19. The Labute approximate surface area is 186 Å². The molecule has 3 heteroatoms. The van der Waals surface area contributed by atoms with E-state index in [1.165, 1.54) is 68.2 Å². The predicted octanol–water partition coefficient (Wildman–Crippen LogP) is 8.77. The summed E-state index contributed by atoms with van der Waals surface area (Å²) < 4.78 is 5.24. The molecule has 7 aromatic rings. The minimum Gasteiger partial charge on any atom is -0.307 e. The van der Waals surface area contributed by atoms with Gasteiger partial charge in [0.25, 0.3) is 0 Å². The third-order valence-corrected chi connectivity index (χ3v) is 8.73. The molecule has 3 heterocycles. The summed E-state index contributed by atoms with van der Waals surface area (Å²) in [5, 5.41) is 8.10. The number of hydrogen-bond acceptors (Lipinski definition) is 2. The number of para-hydroxylation sites is 1. The molecule has 0 unspecified atom stereocenters. The average molecular weight is 430 g/mol. The lowest BCUT2D eigenvalue weighted by Crippen LogP contribution is -2.01. The lowest BCUT2D eigenvalue weighted by atomic mass is 10.1. The predicted molar refractivity (Wildman–Crippen MR) is 135 cm³/mol. The van der Waals surface area contributed by atoms with Crippen LogP contribution in [0.25, 0.3) is 58.4 Å². The van der Waals surface area contributed by atoms with E-state index in [1.807, 2.05) is 23.1 Å². The Kier molecular flexibility index (Phi) is 3.02. The summed E-state index contributed by atoms with van der Waals surface area (Å²) in [5.74, 6) is 0. The van der Waals surface area contributed by atoms with Gasteiger partial charge in [-0.3, -0.25) is 0 Å². The Morgan fingerprint density at radius 1 is 0.581 bits per heavy atom. The van der Waals surface area contributed by atoms with Crippen LogP contribution in [0.3, 0.4) is 0 Å². The van der Waals surface area contributed by atoms with Crippen LogP contribution in [-0.2, 0) is 0 Å². The van der Waals surface area contributed by atoms with Crippen LogP contribution in [0.2, 0.25) is 0 Å². The van der Waals surface area contributed by atoms with Gasteiger partial charge in [-0.25, -0.2) is 0 Å². The molecule has 2 aromatic heterocycles. The Morgan fingerprint density at radius 2 is 1.32 bits per heavy atom. The molecular weight excluding hydrogens is 414 g/mol. The fourth-order valence-corrected chi connectivity index (χ4v) is 7.62. The first-order chi connectivity index (χ1) is 15.4. The number of thiophene rings is 1. The van der Waals surface area contributed by atoms with Crippen molar-refractivity contribution in [2.75, 3.05) is 0 Å². The third kappa shape index (κ3) is 2.03. The standard InChI is InChI=1S/C28H15NS2/c1-2-8-17-14-23-21(13-16(17)7-1)29-20-11-5-3-9-18(20)27-26-19-10-4-6-12-22(19)30-24(26)15-25(31-23)28(27)29/h1-15H. The molecule has 5 aromatic carbocycles. The molecule has 0 saturated heterocycles. The summed E-state index contributed by atoms with van der Waals surface area (Å²) >= 11 is 3.82. The van der Waals surface area contributed by atoms with E-state index in [2.05, 4.69) is 95.6 Å². The second kappa shape index (κ2) is 5.70. The van der Waals surface area contributed by atoms with Crippen molar-refractivity contribution in [2.24, 2.45) is 0 Å². The lowest BCUT2D eigenvalue weighted by Gasteiger charge is -2.21. The molecule has 8 rings (SSSR count). The Hall–Kier alpha value is -3.27. The summed E-state index contributed by atoms with van der Waals surface area (Å²) in [6.07, 6.45) is 0. The molecule has 0 bridgehead atoms. The molecule has 0 fully saturated rings. The van der Waals surface area contributed by atoms with Crippen molar-refractivity contribution in [3.05, 3.63) is 91.0 Å². The molecular formula is C28H15NS2. The van der Waals surface area contributed by atoms with Gasteiger partial charge in [-0.15, -0.1) is 11.3 Å². The molecule has 0 radical (unpaired) electrons. The SMILES string of the molecule is c1ccc2cc3c(cc2c1)Sc1cc2sc4ccccc4c2c2c4ccccc4n-3c12. The number of nitrogens with zero attached hydrogens (tertiary/aromatic N) is 1. The smallest absolute Gasteiger partial charge is 0.0688 e. The summed E-state index contributed by atoms with van der Waals surface area (Å²) in [4.78, 5) is 2.68. The van der Waals surface area contributed by atoms with E-state index < -0.39 is 0 Å². The monoisotopic (exact) mass is 429 g/mol. The van der Waals surface area contributed by atoms with E-state index >= 15 is 0 Å². The van der Waals surface area contributed by atoms with Crippen LogP contribution < -0.4 is 0 Å². The third-order valence-electron chi connectivity index (χ3n) is 6.53. The summed E-state index contributed by atoms with van der Waals surface area (Å²) in [6.45, 7) is 0. The van der Waals surface area contributed by atoms with Gasteiger partial charge in [-0.05, 0) is 41.1 Å². The van der Waals surface area contributed by atoms with Crippen molar-refractivity contribution in [1.29, 1.82) is 0 Å². The average Bonchev–Trinajstić information content (AvgIpc) is 3.34. The van der Waals surface area contributed by atoms with Crippen molar-refractivity contribution < 1.29 is 0 Å². The zero-order valence-electron chi connectivity index (χ0n) is 16.4. The van der Waals surface area contributed by atoms with Crippen LogP contribution >= 0.6 is 23.1 Å². The minimum absolute atomic E-state index is 1.29. The second-order valence-corrected chi connectivity index (χ2v) is 10.4. The first-order valence-corrected chi connectivity index (χ1v) is 12.1. The van der Waals surface area contributed by atoms with Gasteiger partial charge in [0, 0.05) is 40.7 Å². The largest absolute Gasteiger partial charge is 0.307 e. The topological polar surface area (TPSA) is 4.93 Å². The number of rotatable bonds is 0. The maximum Gasteiger partial charge on any atom is 0.0688 e. The molecule has 144 valence electrons. The van der Waals surface area contributed by atoms with Crippen LogP contribution in [-0.4, -0.2) is 4.57 Å². The zero-order valence-corrected chi connectivity index (χ0v) is 18.1. The normalized spacial score (nSPS) is 13.0. The first kappa shape index (κ1) is 16.4. The lowest BCUT2D eigenvalue weighted by molar-refractivity contribution is 1.10. The van der Waals surface area contributed by atoms with Gasteiger partial charge in [-0.1, -0.05) is 72.4 Å². The van der Waals surface area contributed by atoms with Crippen LogP contribution in [0.1, 0.15) is 0 Å². The molecule has 1 nitrogen and oxygen atoms in total. The Balaban J connectivity index is 1.66. The quantitative estimate of drug-likeness (QED) is 0.233. The molecule has 0 spiro atoms. The molecule has 0 aliphatic carbocycles. The maximum atomic E-state index is 2.50. The molecule has 0 saturated carbocycles. The van der Waals surface area contributed by atoms with Crippen molar-refractivity contribution in [1.82, 2.24) is 4.57 Å². The Bertz CT molecular complexity index is 1870. The maximum absolute atomic E-state index is 2.50. The minimum atomic E-state index is 1.29. The highest BCUT2D eigenvalue weighted by atomic mass is 32.2. The van der Waals surface area contributed by atoms with E-state index in [4.69, 9.17) is 0 Å². The highest BCUT2D eigenvalue weighted by Crippen LogP contribution is 2.52. The van der Waals surface area contributed by atoms with E-state index in [0.29, 0.717) is 0 Å². The van der Waals surface area contributed by atoms with Gasteiger partial charge in [0.1, 0.15) is 0 Å². The van der Waals surface area contributed by atoms with Crippen molar-refractivity contribution in [3.8, 4) is 5.69 Å². The van der Waals surface area contributed by atoms with Gasteiger partial charge in [0.05, 0.1) is 16.7 Å². The van der Waals surface area contributed by atoms with Gasteiger partial charge < -0.3 is 4.57 Å². The first-order valence-electron chi connectivity index (χ1n) is 10.5. The highest BCUT2D eigenvalue weighted by Gasteiger charge is 2.26. The summed E-state index contributed by atoms with van der Waals surface area (Å²) in [6, 6.07) is 33.6. The van der Waals surface area contributed by atoms with Gasteiger partial charge in [0.2, 0.25) is 0 Å². The number of fused-ring (bicyclic) bond motifs is 10. The number of benzene rings is 5. The van der Waals surface area contributed by atoms with Crippen LogP contribution in [0, 0.1) is 0 Å². The number of hydrogen-bond donors (Lipinski definition) is 0. The zero-order chi connectivity index (χ0) is 20.1. The molecule has 0 atom stereocenters. The van der Waals surface area contributed by atoms with Crippen molar-refractivity contribution in [3.63, 3.8) is 0 Å². The van der Waals surface area contributed by atoms with Crippen LogP contribution in [0.5, 0.6) is 0 Å². The fourth-order valence-electron chi connectivity index (χ4n) is 5.25. The molecule has 1 aliphatic rings.